The molecule has 0 saturated carbocycles. The number of rotatable bonds is 4. The van der Waals surface area contributed by atoms with Gasteiger partial charge in [-0.25, -0.2) is 4.98 Å². The molecular weight excluding hydrogens is 346 g/mol. The van der Waals surface area contributed by atoms with Crippen molar-refractivity contribution in [2.75, 3.05) is 37.3 Å². The number of fused-ring (bicyclic) bond motifs is 3. The first-order valence-electron chi connectivity index (χ1n) is 10.7. The van der Waals surface area contributed by atoms with Crippen LogP contribution in [0.2, 0.25) is 0 Å². The van der Waals surface area contributed by atoms with E-state index in [1.807, 2.05) is 0 Å². The fourth-order valence-electron chi connectivity index (χ4n) is 4.81. The fourth-order valence-corrected chi connectivity index (χ4v) is 4.81. The SMILES string of the molecule is CC(C)N1CCC(CN(C)c2nc(N)nc3c2CCCc2ccccc2-3)CC1. The Balaban J connectivity index is 1.58. The number of hydrogen-bond donors (Lipinski definition) is 1. The smallest absolute Gasteiger partial charge is 0.222 e. The van der Waals surface area contributed by atoms with Gasteiger partial charge in [0.05, 0.1) is 5.69 Å². The molecular formula is C23H33N5. The number of piperidine rings is 1. The summed E-state index contributed by atoms with van der Waals surface area (Å²) in [6.45, 7) is 8.03. The van der Waals surface area contributed by atoms with Crippen molar-refractivity contribution in [3.8, 4) is 11.3 Å². The number of nitrogens with two attached hydrogens (primary N) is 1. The first-order valence-corrected chi connectivity index (χ1v) is 10.7. The molecule has 2 aliphatic rings. The molecule has 28 heavy (non-hydrogen) atoms. The van der Waals surface area contributed by atoms with Gasteiger partial charge in [-0.15, -0.1) is 0 Å². The third kappa shape index (κ3) is 3.86. The normalized spacial score (nSPS) is 17.9. The molecule has 0 amide bonds. The monoisotopic (exact) mass is 379 g/mol. The van der Waals surface area contributed by atoms with Crippen molar-refractivity contribution in [3.05, 3.63) is 35.4 Å². The molecule has 1 aliphatic heterocycles. The molecule has 0 spiro atoms. The van der Waals surface area contributed by atoms with Gasteiger partial charge in [-0.2, -0.15) is 4.98 Å². The third-order valence-electron chi connectivity index (χ3n) is 6.42. The molecule has 5 nitrogen and oxygen atoms in total. The molecule has 0 bridgehead atoms. The second-order valence-electron chi connectivity index (χ2n) is 8.70. The van der Waals surface area contributed by atoms with Gasteiger partial charge in [0, 0.05) is 30.8 Å². The summed E-state index contributed by atoms with van der Waals surface area (Å²) in [4.78, 5) is 14.3. The van der Waals surface area contributed by atoms with E-state index in [0.29, 0.717) is 17.9 Å². The summed E-state index contributed by atoms with van der Waals surface area (Å²) in [6.07, 6.45) is 5.74. The van der Waals surface area contributed by atoms with Gasteiger partial charge in [0.2, 0.25) is 5.95 Å². The van der Waals surface area contributed by atoms with Crippen LogP contribution in [0.1, 0.15) is 44.2 Å². The van der Waals surface area contributed by atoms with Crippen LogP contribution in [-0.4, -0.2) is 47.6 Å². The lowest BCUT2D eigenvalue weighted by atomic mass is 9.95. The summed E-state index contributed by atoms with van der Waals surface area (Å²) in [7, 11) is 2.17. The van der Waals surface area contributed by atoms with Crippen LogP contribution in [0.3, 0.4) is 0 Å². The Morgan fingerprint density at radius 2 is 1.89 bits per heavy atom. The van der Waals surface area contributed by atoms with Crippen molar-refractivity contribution in [2.45, 2.75) is 52.0 Å². The molecule has 0 radical (unpaired) electrons. The topological polar surface area (TPSA) is 58.3 Å². The number of nitrogen functional groups attached to an aromatic ring is 1. The van der Waals surface area contributed by atoms with Crippen molar-refractivity contribution in [1.82, 2.24) is 14.9 Å². The fraction of sp³-hybridized carbons (Fsp3) is 0.565. The summed E-state index contributed by atoms with van der Waals surface area (Å²) in [5.41, 5.74) is 11.1. The quantitative estimate of drug-likeness (QED) is 0.876. The van der Waals surface area contributed by atoms with Crippen LogP contribution >= 0.6 is 0 Å². The van der Waals surface area contributed by atoms with Crippen molar-refractivity contribution < 1.29 is 0 Å². The zero-order valence-electron chi connectivity index (χ0n) is 17.5. The van der Waals surface area contributed by atoms with E-state index in [4.69, 9.17) is 10.7 Å². The lowest BCUT2D eigenvalue weighted by Crippen LogP contribution is -2.41. The van der Waals surface area contributed by atoms with Crippen LogP contribution in [0.4, 0.5) is 11.8 Å². The highest BCUT2D eigenvalue weighted by molar-refractivity contribution is 5.73. The Hall–Kier alpha value is -2.14. The Morgan fingerprint density at radius 3 is 2.64 bits per heavy atom. The summed E-state index contributed by atoms with van der Waals surface area (Å²) in [5.74, 6) is 2.13. The van der Waals surface area contributed by atoms with Gasteiger partial charge in [-0.05, 0) is 70.5 Å². The number of anilines is 2. The Labute approximate surface area is 169 Å². The molecule has 2 heterocycles. The Kier molecular flexibility index (Phi) is 5.54. The second-order valence-corrected chi connectivity index (χ2v) is 8.70. The average molecular weight is 380 g/mol. The highest BCUT2D eigenvalue weighted by Crippen LogP contribution is 2.36. The zero-order chi connectivity index (χ0) is 19.7. The second kappa shape index (κ2) is 8.08. The molecule has 2 aromatic rings. The minimum atomic E-state index is 0.381. The number of likely N-dealkylation sites (tertiary alicyclic amines) is 1. The molecule has 0 unspecified atom stereocenters. The van der Waals surface area contributed by atoms with E-state index in [0.717, 1.165) is 37.3 Å². The van der Waals surface area contributed by atoms with E-state index in [1.54, 1.807) is 0 Å². The van der Waals surface area contributed by atoms with E-state index in [1.165, 1.54) is 42.6 Å². The van der Waals surface area contributed by atoms with Crippen LogP contribution in [0.15, 0.2) is 24.3 Å². The maximum absolute atomic E-state index is 6.16. The maximum atomic E-state index is 6.16. The van der Waals surface area contributed by atoms with E-state index < -0.39 is 0 Å². The van der Waals surface area contributed by atoms with Crippen LogP contribution in [0, 0.1) is 5.92 Å². The molecule has 1 aromatic carbocycles. The minimum Gasteiger partial charge on any atom is -0.368 e. The van der Waals surface area contributed by atoms with Gasteiger partial charge in [-0.1, -0.05) is 24.3 Å². The van der Waals surface area contributed by atoms with Gasteiger partial charge in [0.1, 0.15) is 5.82 Å². The van der Waals surface area contributed by atoms with Crippen molar-refractivity contribution in [1.29, 1.82) is 0 Å². The highest BCUT2D eigenvalue weighted by atomic mass is 15.2. The van der Waals surface area contributed by atoms with Gasteiger partial charge in [0.15, 0.2) is 0 Å². The van der Waals surface area contributed by atoms with Gasteiger partial charge in [0.25, 0.3) is 0 Å². The number of nitrogens with zero attached hydrogens (tertiary/aromatic N) is 4. The molecule has 150 valence electrons. The highest BCUT2D eigenvalue weighted by Gasteiger charge is 2.25. The van der Waals surface area contributed by atoms with Crippen LogP contribution in [0.25, 0.3) is 11.3 Å². The number of aromatic nitrogens is 2. The lowest BCUT2D eigenvalue weighted by Gasteiger charge is -2.36. The summed E-state index contributed by atoms with van der Waals surface area (Å²) in [5, 5.41) is 0. The first kappa shape index (κ1) is 19.2. The molecule has 2 N–H and O–H groups in total. The summed E-state index contributed by atoms with van der Waals surface area (Å²) >= 11 is 0. The predicted octanol–water partition coefficient (Wildman–Crippen LogP) is 3.77. The predicted molar refractivity (Wildman–Crippen MR) is 117 cm³/mol. The van der Waals surface area contributed by atoms with Gasteiger partial charge in [-0.3, -0.25) is 0 Å². The minimum absolute atomic E-state index is 0.381. The van der Waals surface area contributed by atoms with Crippen molar-refractivity contribution in [2.24, 2.45) is 5.92 Å². The van der Waals surface area contributed by atoms with Crippen molar-refractivity contribution in [3.63, 3.8) is 0 Å². The molecule has 4 rings (SSSR count). The molecule has 1 aliphatic carbocycles. The molecule has 5 heteroatoms. The van der Waals surface area contributed by atoms with Crippen LogP contribution in [-0.2, 0) is 12.8 Å². The number of hydrogen-bond acceptors (Lipinski definition) is 5. The van der Waals surface area contributed by atoms with Gasteiger partial charge < -0.3 is 15.5 Å². The van der Waals surface area contributed by atoms with Crippen LogP contribution in [0.5, 0.6) is 0 Å². The molecule has 1 fully saturated rings. The van der Waals surface area contributed by atoms with Crippen LogP contribution < -0.4 is 10.6 Å². The average Bonchev–Trinajstić information content (AvgIpc) is 2.87. The Morgan fingerprint density at radius 1 is 1.14 bits per heavy atom. The van der Waals surface area contributed by atoms with E-state index in [-0.39, 0.29) is 0 Å². The molecule has 1 aromatic heterocycles. The summed E-state index contributed by atoms with van der Waals surface area (Å²) < 4.78 is 0. The molecule has 0 atom stereocenters. The number of aryl methyl sites for hydroxylation is 1. The van der Waals surface area contributed by atoms with E-state index in [2.05, 4.69) is 59.9 Å². The largest absolute Gasteiger partial charge is 0.368 e. The third-order valence-corrected chi connectivity index (χ3v) is 6.42. The van der Waals surface area contributed by atoms with E-state index >= 15 is 0 Å². The number of benzene rings is 1. The summed E-state index contributed by atoms with van der Waals surface area (Å²) in [6, 6.07) is 9.26. The van der Waals surface area contributed by atoms with Crippen molar-refractivity contribution >= 4 is 11.8 Å². The zero-order valence-corrected chi connectivity index (χ0v) is 17.5. The lowest BCUT2D eigenvalue weighted by molar-refractivity contribution is 0.151. The van der Waals surface area contributed by atoms with Gasteiger partial charge >= 0.3 is 0 Å². The molecule has 1 saturated heterocycles. The van der Waals surface area contributed by atoms with E-state index in [9.17, 15) is 0 Å². The maximum Gasteiger partial charge on any atom is 0.222 e. The Bertz CT molecular complexity index is 824. The first-order chi connectivity index (χ1) is 13.5. The standard InChI is InChI=1S/C23H33N5/c1-16(2)28-13-11-17(12-14-28)15-27(3)22-20-10-6-8-18-7-4-5-9-19(18)21(20)25-23(24)26-22/h4-5,7,9,16-17H,6,8,10-15H2,1-3H3,(H2,24,25,26).